The summed E-state index contributed by atoms with van der Waals surface area (Å²) in [7, 11) is 0. The second-order valence-electron chi connectivity index (χ2n) is 2.09. The zero-order valence-electron chi connectivity index (χ0n) is 4.92. The molecule has 0 aromatic heterocycles. The number of epoxide rings is 1. The van der Waals surface area contributed by atoms with E-state index in [1.165, 1.54) is 0 Å². The summed E-state index contributed by atoms with van der Waals surface area (Å²) in [5.41, 5.74) is 0. The van der Waals surface area contributed by atoms with Crippen LogP contribution in [0.1, 0.15) is 13.3 Å². The fourth-order valence-electron chi connectivity index (χ4n) is 0.908. The standard InChI is InChI=1S/C5H6O4/c1-2-5-3(8-5)7-4(6)9-5/h3H,2H2,1H3. The molecule has 2 rings (SSSR count). The van der Waals surface area contributed by atoms with Gasteiger partial charge in [0.1, 0.15) is 0 Å². The zero-order valence-corrected chi connectivity index (χ0v) is 4.92. The first-order chi connectivity index (χ1) is 4.27. The summed E-state index contributed by atoms with van der Waals surface area (Å²) < 4.78 is 14.1. The molecule has 2 unspecified atom stereocenters. The van der Waals surface area contributed by atoms with Gasteiger partial charge in [-0.1, -0.05) is 6.92 Å². The molecule has 2 saturated heterocycles. The van der Waals surface area contributed by atoms with E-state index in [1.807, 2.05) is 6.92 Å². The molecule has 0 saturated carbocycles. The second-order valence-corrected chi connectivity index (χ2v) is 2.09. The lowest BCUT2D eigenvalue weighted by molar-refractivity contribution is -0.0331. The predicted molar refractivity (Wildman–Crippen MR) is 25.5 cm³/mol. The fourth-order valence-corrected chi connectivity index (χ4v) is 0.908. The first kappa shape index (κ1) is 5.05. The van der Waals surface area contributed by atoms with Crippen LogP contribution in [0.15, 0.2) is 0 Å². The van der Waals surface area contributed by atoms with E-state index < -0.39 is 18.2 Å². The average molecular weight is 130 g/mol. The zero-order chi connectivity index (χ0) is 6.48. The van der Waals surface area contributed by atoms with Crippen LogP contribution in [0.4, 0.5) is 4.79 Å². The van der Waals surface area contributed by atoms with Crippen molar-refractivity contribution in [1.29, 1.82) is 0 Å². The van der Waals surface area contributed by atoms with Crippen molar-refractivity contribution in [3.05, 3.63) is 0 Å². The van der Waals surface area contributed by atoms with E-state index in [-0.39, 0.29) is 0 Å². The van der Waals surface area contributed by atoms with Gasteiger partial charge < -0.3 is 9.47 Å². The van der Waals surface area contributed by atoms with Crippen molar-refractivity contribution >= 4 is 6.16 Å². The van der Waals surface area contributed by atoms with Crippen molar-refractivity contribution in [2.75, 3.05) is 0 Å². The highest BCUT2D eigenvalue weighted by Crippen LogP contribution is 2.46. The Morgan fingerprint density at radius 3 is 2.89 bits per heavy atom. The van der Waals surface area contributed by atoms with Crippen LogP contribution < -0.4 is 0 Å². The molecule has 0 N–H and O–H groups in total. The molecule has 2 aliphatic heterocycles. The number of hydrogen-bond donors (Lipinski definition) is 0. The van der Waals surface area contributed by atoms with Crippen LogP contribution in [-0.4, -0.2) is 18.2 Å². The molecular weight excluding hydrogens is 124 g/mol. The third-order valence-corrected chi connectivity index (χ3v) is 1.56. The maximum absolute atomic E-state index is 10.3. The first-order valence-electron chi connectivity index (χ1n) is 2.84. The molecule has 50 valence electrons. The highest BCUT2D eigenvalue weighted by atomic mass is 17.0. The molecule has 2 heterocycles. The van der Waals surface area contributed by atoms with Crippen LogP contribution >= 0.6 is 0 Å². The van der Waals surface area contributed by atoms with Gasteiger partial charge in [0, 0.05) is 6.42 Å². The largest absolute Gasteiger partial charge is 0.513 e. The lowest BCUT2D eigenvalue weighted by Crippen LogP contribution is -2.12. The van der Waals surface area contributed by atoms with Crippen LogP contribution in [0.25, 0.3) is 0 Å². The summed E-state index contributed by atoms with van der Waals surface area (Å²) in [4.78, 5) is 10.3. The van der Waals surface area contributed by atoms with Gasteiger partial charge >= 0.3 is 6.16 Å². The highest BCUT2D eigenvalue weighted by Gasteiger charge is 2.68. The Bertz CT molecular complexity index is 162. The Hall–Kier alpha value is -0.770. The van der Waals surface area contributed by atoms with Gasteiger partial charge in [-0.3, -0.25) is 4.74 Å². The van der Waals surface area contributed by atoms with Gasteiger partial charge in [0.2, 0.25) is 0 Å². The van der Waals surface area contributed by atoms with E-state index >= 15 is 0 Å². The monoisotopic (exact) mass is 130 g/mol. The third-order valence-electron chi connectivity index (χ3n) is 1.56. The van der Waals surface area contributed by atoms with Crippen LogP contribution in [0.2, 0.25) is 0 Å². The Morgan fingerprint density at radius 1 is 1.78 bits per heavy atom. The van der Waals surface area contributed by atoms with Crippen LogP contribution in [0.5, 0.6) is 0 Å². The summed E-state index contributed by atoms with van der Waals surface area (Å²) >= 11 is 0. The van der Waals surface area contributed by atoms with E-state index in [0.29, 0.717) is 6.42 Å². The number of carbonyl (C=O) groups is 1. The van der Waals surface area contributed by atoms with Gasteiger partial charge in [0.25, 0.3) is 12.1 Å². The predicted octanol–water partition coefficient (Wildman–Crippen LogP) is 0.616. The normalized spacial score (nSPS) is 45.4. The Labute approximate surface area is 51.7 Å². The molecule has 0 bridgehead atoms. The topological polar surface area (TPSA) is 48.1 Å². The number of fused-ring (bicyclic) bond motifs is 1. The molecular formula is C5H6O4. The summed E-state index contributed by atoms with van der Waals surface area (Å²) in [5, 5.41) is 0. The second kappa shape index (κ2) is 1.21. The number of hydrogen-bond acceptors (Lipinski definition) is 4. The molecule has 2 atom stereocenters. The van der Waals surface area contributed by atoms with E-state index in [0.717, 1.165) is 0 Å². The highest BCUT2D eigenvalue weighted by molar-refractivity contribution is 5.64. The van der Waals surface area contributed by atoms with E-state index in [1.54, 1.807) is 0 Å². The van der Waals surface area contributed by atoms with Crippen molar-refractivity contribution in [2.24, 2.45) is 0 Å². The first-order valence-corrected chi connectivity index (χ1v) is 2.84. The molecule has 4 heteroatoms. The molecule has 2 aliphatic rings. The van der Waals surface area contributed by atoms with Crippen LogP contribution in [-0.2, 0) is 14.2 Å². The maximum Gasteiger partial charge on any atom is 0.513 e. The molecule has 0 aliphatic carbocycles. The minimum atomic E-state index is -0.697. The molecule has 2 fully saturated rings. The Kier molecular flexibility index (Phi) is 0.679. The summed E-state index contributed by atoms with van der Waals surface area (Å²) in [5.74, 6) is -0.697. The van der Waals surface area contributed by atoms with E-state index in [4.69, 9.17) is 4.74 Å². The third kappa shape index (κ3) is 0.483. The summed E-state index contributed by atoms with van der Waals surface area (Å²) in [6.07, 6.45) is -0.383. The lowest BCUT2D eigenvalue weighted by Gasteiger charge is -1.99. The minimum absolute atomic E-state index is 0.421. The molecule has 0 radical (unpaired) electrons. The van der Waals surface area contributed by atoms with E-state index in [2.05, 4.69) is 9.47 Å². The Balaban J connectivity index is 2.13. The van der Waals surface area contributed by atoms with E-state index in [9.17, 15) is 4.79 Å². The smallest absolute Gasteiger partial charge is 0.397 e. The quantitative estimate of drug-likeness (QED) is 0.385. The van der Waals surface area contributed by atoms with Gasteiger partial charge in [-0.2, -0.15) is 0 Å². The molecule has 0 aromatic rings. The minimum Gasteiger partial charge on any atom is -0.397 e. The number of ether oxygens (including phenoxy) is 3. The van der Waals surface area contributed by atoms with Gasteiger partial charge in [0.05, 0.1) is 0 Å². The van der Waals surface area contributed by atoms with Crippen LogP contribution in [0, 0.1) is 0 Å². The van der Waals surface area contributed by atoms with Gasteiger partial charge in [-0.15, -0.1) is 0 Å². The average Bonchev–Trinajstić information content (AvgIpc) is 2.38. The van der Waals surface area contributed by atoms with Crippen molar-refractivity contribution in [1.82, 2.24) is 0 Å². The maximum atomic E-state index is 10.3. The summed E-state index contributed by atoms with van der Waals surface area (Å²) in [6, 6.07) is 0. The fraction of sp³-hybridized carbons (Fsp3) is 0.800. The van der Waals surface area contributed by atoms with Crippen molar-refractivity contribution in [3.63, 3.8) is 0 Å². The number of carbonyl (C=O) groups excluding carboxylic acids is 1. The van der Waals surface area contributed by atoms with Gasteiger partial charge in [-0.05, 0) is 0 Å². The number of rotatable bonds is 1. The van der Waals surface area contributed by atoms with Crippen molar-refractivity contribution in [2.45, 2.75) is 25.4 Å². The van der Waals surface area contributed by atoms with Crippen LogP contribution in [0.3, 0.4) is 0 Å². The lowest BCUT2D eigenvalue weighted by atomic mass is 10.3. The SMILES string of the molecule is CCC12OC(=O)OC1O2. The van der Waals surface area contributed by atoms with Gasteiger partial charge in [-0.25, -0.2) is 4.79 Å². The summed E-state index contributed by atoms with van der Waals surface area (Å²) in [6.45, 7) is 1.88. The van der Waals surface area contributed by atoms with Crippen molar-refractivity contribution in [3.8, 4) is 0 Å². The van der Waals surface area contributed by atoms with Gasteiger partial charge in [0.15, 0.2) is 0 Å². The molecule has 9 heavy (non-hydrogen) atoms. The van der Waals surface area contributed by atoms with Crippen molar-refractivity contribution < 1.29 is 19.0 Å². The molecule has 4 nitrogen and oxygen atoms in total. The molecule has 0 spiro atoms. The molecule has 0 amide bonds. The molecule has 0 aromatic carbocycles. The Morgan fingerprint density at radius 2 is 2.56 bits per heavy atom.